The van der Waals surface area contributed by atoms with Crippen molar-refractivity contribution in [1.29, 1.82) is 0 Å². The highest BCUT2D eigenvalue weighted by atomic mass is 35.5. The van der Waals surface area contributed by atoms with E-state index in [1.807, 2.05) is 12.1 Å². The van der Waals surface area contributed by atoms with E-state index in [1.54, 1.807) is 6.20 Å². The zero-order valence-corrected chi connectivity index (χ0v) is 10.9. The highest BCUT2D eigenvalue weighted by Crippen LogP contribution is 2.42. The normalized spacial score (nSPS) is 19.9. The second-order valence-corrected chi connectivity index (χ2v) is 4.19. The van der Waals surface area contributed by atoms with Crippen molar-refractivity contribution in [2.45, 2.75) is 18.3 Å². The highest BCUT2D eigenvalue weighted by Gasteiger charge is 2.47. The second-order valence-electron chi connectivity index (χ2n) is 4.19. The number of aromatic nitrogens is 1. The summed E-state index contributed by atoms with van der Waals surface area (Å²) in [7, 11) is 0. The van der Waals surface area contributed by atoms with Crippen molar-refractivity contribution >= 4 is 36.5 Å². The van der Waals surface area contributed by atoms with E-state index >= 15 is 0 Å². The first-order valence-corrected chi connectivity index (χ1v) is 5.31. The maximum atomic E-state index is 12.0. The van der Waals surface area contributed by atoms with Crippen LogP contribution in [-0.2, 0) is 10.2 Å². The summed E-state index contributed by atoms with van der Waals surface area (Å²) in [5.41, 5.74) is 0.769. The van der Waals surface area contributed by atoms with E-state index in [1.165, 1.54) is 0 Å². The van der Waals surface area contributed by atoms with E-state index in [-0.39, 0.29) is 36.1 Å². The summed E-state index contributed by atoms with van der Waals surface area (Å²) in [4.78, 5) is 16.2. The Kier molecular flexibility index (Phi) is 4.36. The SMILES string of the molecule is Cl.Cl.O=C1Nc2ncccc2C12CCNCC2. The zero-order chi connectivity index (χ0) is 10.3. The smallest absolute Gasteiger partial charge is 0.236 e. The van der Waals surface area contributed by atoms with E-state index in [4.69, 9.17) is 0 Å². The van der Waals surface area contributed by atoms with Crippen LogP contribution >= 0.6 is 24.8 Å². The molecule has 4 nitrogen and oxygen atoms in total. The Morgan fingerprint density at radius 1 is 1.24 bits per heavy atom. The fourth-order valence-corrected chi connectivity index (χ4v) is 2.59. The maximum Gasteiger partial charge on any atom is 0.236 e. The monoisotopic (exact) mass is 275 g/mol. The number of hydrogen-bond acceptors (Lipinski definition) is 3. The van der Waals surface area contributed by atoms with Crippen LogP contribution in [0.5, 0.6) is 0 Å². The lowest BCUT2D eigenvalue weighted by Gasteiger charge is -2.31. The van der Waals surface area contributed by atoms with E-state index in [9.17, 15) is 4.79 Å². The number of pyridine rings is 1. The number of amides is 1. The van der Waals surface area contributed by atoms with Crippen LogP contribution in [0.15, 0.2) is 18.3 Å². The lowest BCUT2D eigenvalue weighted by atomic mass is 9.75. The number of anilines is 1. The first-order chi connectivity index (χ1) is 7.33. The summed E-state index contributed by atoms with van der Waals surface area (Å²) in [5, 5.41) is 6.17. The van der Waals surface area contributed by atoms with Gasteiger partial charge in [0, 0.05) is 11.8 Å². The predicted molar refractivity (Wildman–Crippen MR) is 71.1 cm³/mol. The van der Waals surface area contributed by atoms with Gasteiger partial charge in [-0.15, -0.1) is 24.8 Å². The summed E-state index contributed by atoms with van der Waals surface area (Å²) < 4.78 is 0. The largest absolute Gasteiger partial charge is 0.317 e. The Morgan fingerprint density at radius 3 is 2.65 bits per heavy atom. The van der Waals surface area contributed by atoms with Gasteiger partial charge in [-0.1, -0.05) is 6.07 Å². The number of nitrogens with one attached hydrogen (secondary N) is 2. The van der Waals surface area contributed by atoms with E-state index in [0.29, 0.717) is 0 Å². The van der Waals surface area contributed by atoms with Crippen LogP contribution in [0, 0.1) is 0 Å². The number of carbonyl (C=O) groups excluding carboxylic acids is 1. The molecule has 1 saturated heterocycles. The number of piperidine rings is 1. The molecule has 1 aromatic rings. The molecule has 94 valence electrons. The van der Waals surface area contributed by atoms with Gasteiger partial charge in [0.2, 0.25) is 5.91 Å². The first-order valence-electron chi connectivity index (χ1n) is 5.31. The fraction of sp³-hybridized carbons (Fsp3) is 0.455. The highest BCUT2D eigenvalue weighted by molar-refractivity contribution is 6.05. The minimum atomic E-state index is -0.311. The van der Waals surface area contributed by atoms with Crippen LogP contribution < -0.4 is 10.6 Å². The summed E-state index contributed by atoms with van der Waals surface area (Å²) in [6, 6.07) is 3.93. The standard InChI is InChI=1S/C11H13N3O.2ClH/c15-10-11(3-6-12-7-4-11)8-2-1-5-13-9(8)14-10;;/h1-2,5,12H,3-4,6-7H2,(H,13,14,15);2*1H. The van der Waals surface area contributed by atoms with Crippen molar-refractivity contribution < 1.29 is 4.79 Å². The predicted octanol–water partition coefficient (Wildman–Crippen LogP) is 1.50. The van der Waals surface area contributed by atoms with Gasteiger partial charge < -0.3 is 10.6 Å². The molecule has 0 atom stereocenters. The van der Waals surface area contributed by atoms with Gasteiger partial charge in [-0.25, -0.2) is 4.98 Å². The average Bonchev–Trinajstić information content (AvgIpc) is 2.55. The molecule has 6 heteroatoms. The fourth-order valence-electron chi connectivity index (χ4n) is 2.59. The third kappa shape index (κ3) is 2.01. The minimum absolute atomic E-state index is 0. The van der Waals surface area contributed by atoms with Gasteiger partial charge in [-0.3, -0.25) is 4.79 Å². The van der Waals surface area contributed by atoms with Gasteiger partial charge in [0.1, 0.15) is 5.82 Å². The molecule has 0 radical (unpaired) electrons. The van der Waals surface area contributed by atoms with Crippen LogP contribution in [0.25, 0.3) is 0 Å². The molecule has 2 N–H and O–H groups in total. The molecule has 17 heavy (non-hydrogen) atoms. The molecule has 0 unspecified atom stereocenters. The van der Waals surface area contributed by atoms with E-state index < -0.39 is 0 Å². The van der Waals surface area contributed by atoms with Gasteiger partial charge in [0.05, 0.1) is 5.41 Å². The molecule has 0 bridgehead atoms. The van der Waals surface area contributed by atoms with Crippen molar-refractivity contribution in [1.82, 2.24) is 10.3 Å². The third-order valence-corrected chi connectivity index (χ3v) is 3.45. The topological polar surface area (TPSA) is 54.0 Å². The zero-order valence-electron chi connectivity index (χ0n) is 9.23. The van der Waals surface area contributed by atoms with Crippen molar-refractivity contribution in [3.63, 3.8) is 0 Å². The number of halogens is 2. The Morgan fingerprint density at radius 2 is 1.94 bits per heavy atom. The summed E-state index contributed by atoms with van der Waals surface area (Å²) >= 11 is 0. The van der Waals surface area contributed by atoms with Crippen molar-refractivity contribution in [3.8, 4) is 0 Å². The first kappa shape index (κ1) is 14.2. The summed E-state index contributed by atoms with van der Waals surface area (Å²) in [5.74, 6) is 0.877. The molecule has 2 aliphatic heterocycles. The van der Waals surface area contributed by atoms with E-state index in [2.05, 4.69) is 15.6 Å². The number of nitrogens with zero attached hydrogens (tertiary/aromatic N) is 1. The van der Waals surface area contributed by atoms with Gasteiger partial charge in [0.25, 0.3) is 0 Å². The molecule has 3 heterocycles. The Balaban J connectivity index is 0.000000722. The maximum absolute atomic E-state index is 12.0. The Bertz CT molecular complexity index is 419. The summed E-state index contributed by atoms with van der Waals surface area (Å²) in [6.45, 7) is 1.81. The molecule has 2 aliphatic rings. The van der Waals surface area contributed by atoms with Crippen molar-refractivity contribution in [3.05, 3.63) is 23.9 Å². The van der Waals surface area contributed by atoms with Crippen LogP contribution in [0.2, 0.25) is 0 Å². The quantitative estimate of drug-likeness (QED) is 0.755. The van der Waals surface area contributed by atoms with Gasteiger partial charge in [-0.2, -0.15) is 0 Å². The Labute approximate surface area is 112 Å². The van der Waals surface area contributed by atoms with Crippen LogP contribution in [-0.4, -0.2) is 24.0 Å². The van der Waals surface area contributed by atoms with Gasteiger partial charge in [0.15, 0.2) is 0 Å². The van der Waals surface area contributed by atoms with Gasteiger partial charge >= 0.3 is 0 Å². The Hall–Kier alpha value is -0.840. The van der Waals surface area contributed by atoms with E-state index in [0.717, 1.165) is 37.3 Å². The molecule has 1 amide bonds. The van der Waals surface area contributed by atoms with Crippen molar-refractivity contribution in [2.75, 3.05) is 18.4 Å². The number of rotatable bonds is 0. The van der Waals surface area contributed by atoms with Crippen LogP contribution in [0.4, 0.5) is 5.82 Å². The number of hydrogen-bond donors (Lipinski definition) is 2. The lowest BCUT2D eigenvalue weighted by molar-refractivity contribution is -0.121. The third-order valence-electron chi connectivity index (χ3n) is 3.45. The molecule has 1 fully saturated rings. The molecule has 0 aliphatic carbocycles. The second kappa shape index (κ2) is 5.21. The van der Waals surface area contributed by atoms with Gasteiger partial charge in [-0.05, 0) is 32.0 Å². The summed E-state index contributed by atoms with van der Waals surface area (Å²) in [6.07, 6.45) is 3.47. The average molecular weight is 276 g/mol. The number of fused-ring (bicyclic) bond motifs is 2. The minimum Gasteiger partial charge on any atom is -0.317 e. The molecule has 3 rings (SSSR count). The number of carbonyl (C=O) groups is 1. The molecule has 0 saturated carbocycles. The van der Waals surface area contributed by atoms with Crippen LogP contribution in [0.3, 0.4) is 0 Å². The molecule has 0 aromatic carbocycles. The lowest BCUT2D eigenvalue weighted by Crippen LogP contribution is -2.44. The molecular weight excluding hydrogens is 261 g/mol. The molecular formula is C11H15Cl2N3O. The van der Waals surface area contributed by atoms with Crippen molar-refractivity contribution in [2.24, 2.45) is 0 Å². The van der Waals surface area contributed by atoms with Crippen LogP contribution in [0.1, 0.15) is 18.4 Å². The molecule has 1 aromatic heterocycles. The molecule has 1 spiro atoms.